The maximum Gasteiger partial charge on any atom is 0.0506 e. The molecule has 0 radical (unpaired) electrons. The monoisotopic (exact) mass is 124 g/mol. The van der Waals surface area contributed by atoms with Gasteiger partial charge in [-0.3, -0.25) is 0 Å². The van der Waals surface area contributed by atoms with Crippen molar-refractivity contribution in [1.82, 2.24) is 9.80 Å². The van der Waals surface area contributed by atoms with Crippen molar-refractivity contribution in [3.8, 4) is 0 Å². The molecule has 1 aliphatic heterocycles. The predicted molar refractivity (Wildman–Crippen MR) is 36.9 cm³/mol. The molecule has 2 heteroatoms. The maximum atomic E-state index is 2.30. The third-order valence-electron chi connectivity index (χ3n) is 2.31. The minimum absolute atomic E-state index is 0.819. The zero-order valence-corrected chi connectivity index (χ0v) is 5.91. The number of hydrogen-bond donors (Lipinski definition) is 0. The second-order valence-corrected chi connectivity index (χ2v) is 3.00. The van der Waals surface area contributed by atoms with Crippen molar-refractivity contribution in [3.63, 3.8) is 0 Å². The van der Waals surface area contributed by atoms with Gasteiger partial charge in [-0.05, 0) is 6.42 Å². The Morgan fingerprint density at radius 1 is 1.11 bits per heavy atom. The molecule has 2 unspecified atom stereocenters. The number of fused-ring (bicyclic) bond motifs is 1. The average molecular weight is 124 g/mol. The van der Waals surface area contributed by atoms with Gasteiger partial charge >= 0.3 is 0 Å². The highest BCUT2D eigenvalue weighted by Gasteiger charge is 2.43. The van der Waals surface area contributed by atoms with E-state index in [0.717, 1.165) is 12.1 Å². The van der Waals surface area contributed by atoms with Crippen LogP contribution in [0.3, 0.4) is 0 Å². The lowest BCUT2D eigenvalue weighted by Crippen LogP contribution is -2.29. The van der Waals surface area contributed by atoms with Gasteiger partial charge in [-0.2, -0.15) is 0 Å². The SMILES string of the molecule is CN1C=CN(C)C2CC21. The molecule has 50 valence electrons. The Kier molecular flexibility index (Phi) is 0.821. The van der Waals surface area contributed by atoms with Gasteiger partial charge in [-0.1, -0.05) is 0 Å². The molecule has 2 aliphatic rings. The van der Waals surface area contributed by atoms with Crippen LogP contribution in [0.4, 0.5) is 0 Å². The summed E-state index contributed by atoms with van der Waals surface area (Å²) in [6.45, 7) is 0. The number of nitrogens with zero attached hydrogens (tertiary/aromatic N) is 2. The van der Waals surface area contributed by atoms with Crippen LogP contribution in [0.2, 0.25) is 0 Å². The standard InChI is InChI=1S/C7H12N2/c1-8-3-4-9(2)7-5-6(7)8/h3-4,6-7H,5H2,1-2H3. The normalized spacial score (nSPS) is 38.9. The zero-order valence-electron chi connectivity index (χ0n) is 5.91. The van der Waals surface area contributed by atoms with E-state index in [0.29, 0.717) is 0 Å². The van der Waals surface area contributed by atoms with E-state index in [4.69, 9.17) is 0 Å². The van der Waals surface area contributed by atoms with Crippen LogP contribution in [0.15, 0.2) is 12.4 Å². The summed E-state index contributed by atoms with van der Waals surface area (Å²) < 4.78 is 0. The molecular formula is C7H12N2. The first-order valence-electron chi connectivity index (χ1n) is 3.41. The molecule has 2 atom stereocenters. The van der Waals surface area contributed by atoms with E-state index in [-0.39, 0.29) is 0 Å². The maximum absolute atomic E-state index is 2.30. The Hall–Kier alpha value is -0.660. The van der Waals surface area contributed by atoms with Crippen LogP contribution in [0.25, 0.3) is 0 Å². The summed E-state index contributed by atoms with van der Waals surface area (Å²) in [6.07, 6.45) is 5.64. The molecule has 9 heavy (non-hydrogen) atoms. The fourth-order valence-electron chi connectivity index (χ4n) is 1.48. The highest BCUT2D eigenvalue weighted by Crippen LogP contribution is 2.34. The van der Waals surface area contributed by atoms with Crippen LogP contribution in [-0.4, -0.2) is 36.0 Å². The van der Waals surface area contributed by atoms with E-state index in [2.05, 4.69) is 36.3 Å². The molecule has 0 amide bonds. The van der Waals surface area contributed by atoms with Crippen LogP contribution in [-0.2, 0) is 0 Å². The first-order chi connectivity index (χ1) is 4.29. The predicted octanol–water partition coefficient (Wildman–Crippen LogP) is 0.476. The molecular weight excluding hydrogens is 112 g/mol. The van der Waals surface area contributed by atoms with E-state index in [1.807, 2.05) is 0 Å². The van der Waals surface area contributed by atoms with Gasteiger partial charge in [0.05, 0.1) is 12.1 Å². The van der Waals surface area contributed by atoms with Gasteiger partial charge in [0.1, 0.15) is 0 Å². The highest BCUT2D eigenvalue weighted by molar-refractivity contribution is 5.10. The van der Waals surface area contributed by atoms with Crippen LogP contribution < -0.4 is 0 Å². The summed E-state index contributed by atoms with van der Waals surface area (Å²) in [5, 5.41) is 0. The van der Waals surface area contributed by atoms with Crippen molar-refractivity contribution in [3.05, 3.63) is 12.4 Å². The summed E-state index contributed by atoms with van der Waals surface area (Å²) >= 11 is 0. The Labute approximate surface area is 55.7 Å². The molecule has 0 aromatic rings. The summed E-state index contributed by atoms with van der Waals surface area (Å²) in [4.78, 5) is 4.59. The van der Waals surface area contributed by atoms with Crippen LogP contribution >= 0.6 is 0 Å². The smallest absolute Gasteiger partial charge is 0.0506 e. The van der Waals surface area contributed by atoms with Crippen LogP contribution in [0.5, 0.6) is 0 Å². The van der Waals surface area contributed by atoms with Crippen LogP contribution in [0.1, 0.15) is 6.42 Å². The third kappa shape index (κ3) is 0.622. The summed E-state index contributed by atoms with van der Waals surface area (Å²) in [5.74, 6) is 0. The van der Waals surface area contributed by atoms with Gasteiger partial charge in [0.2, 0.25) is 0 Å². The van der Waals surface area contributed by atoms with E-state index in [1.165, 1.54) is 6.42 Å². The summed E-state index contributed by atoms with van der Waals surface area (Å²) in [6, 6.07) is 1.64. The molecule has 0 saturated heterocycles. The molecule has 1 aliphatic carbocycles. The quantitative estimate of drug-likeness (QED) is 0.463. The van der Waals surface area contributed by atoms with Crippen molar-refractivity contribution >= 4 is 0 Å². The molecule has 1 fully saturated rings. The van der Waals surface area contributed by atoms with Gasteiger partial charge in [-0.25, -0.2) is 0 Å². The lowest BCUT2D eigenvalue weighted by Gasteiger charge is -2.24. The van der Waals surface area contributed by atoms with Crippen molar-refractivity contribution in [1.29, 1.82) is 0 Å². The minimum atomic E-state index is 0.819. The van der Waals surface area contributed by atoms with E-state index < -0.39 is 0 Å². The van der Waals surface area contributed by atoms with Crippen molar-refractivity contribution in [2.45, 2.75) is 18.5 Å². The highest BCUT2D eigenvalue weighted by atomic mass is 15.3. The van der Waals surface area contributed by atoms with Crippen molar-refractivity contribution in [2.24, 2.45) is 0 Å². The second kappa shape index (κ2) is 1.43. The second-order valence-electron chi connectivity index (χ2n) is 3.00. The Morgan fingerprint density at radius 2 is 1.56 bits per heavy atom. The molecule has 0 N–H and O–H groups in total. The molecule has 0 aromatic carbocycles. The molecule has 2 rings (SSSR count). The minimum Gasteiger partial charge on any atom is -0.374 e. The fraction of sp³-hybridized carbons (Fsp3) is 0.714. The molecule has 0 aromatic heterocycles. The average Bonchev–Trinajstić information content (AvgIpc) is 2.57. The number of rotatable bonds is 0. The molecule has 1 saturated carbocycles. The molecule has 0 bridgehead atoms. The van der Waals surface area contributed by atoms with E-state index in [9.17, 15) is 0 Å². The summed E-state index contributed by atoms with van der Waals surface area (Å²) in [7, 11) is 4.29. The Balaban J connectivity index is 2.15. The van der Waals surface area contributed by atoms with Gasteiger partial charge < -0.3 is 9.80 Å². The van der Waals surface area contributed by atoms with Crippen molar-refractivity contribution < 1.29 is 0 Å². The van der Waals surface area contributed by atoms with Gasteiger partial charge in [0.25, 0.3) is 0 Å². The topological polar surface area (TPSA) is 6.48 Å². The van der Waals surface area contributed by atoms with E-state index in [1.54, 1.807) is 0 Å². The van der Waals surface area contributed by atoms with E-state index >= 15 is 0 Å². The zero-order chi connectivity index (χ0) is 6.43. The first-order valence-corrected chi connectivity index (χ1v) is 3.41. The molecule has 1 heterocycles. The first kappa shape index (κ1) is 5.15. The Bertz CT molecular complexity index is 137. The molecule has 2 nitrogen and oxygen atoms in total. The fourth-order valence-corrected chi connectivity index (χ4v) is 1.48. The summed E-state index contributed by atoms with van der Waals surface area (Å²) in [5.41, 5.74) is 0. The largest absolute Gasteiger partial charge is 0.374 e. The Morgan fingerprint density at radius 3 is 2.00 bits per heavy atom. The number of hydrogen-bond acceptors (Lipinski definition) is 2. The molecule has 0 spiro atoms. The van der Waals surface area contributed by atoms with Gasteiger partial charge in [0.15, 0.2) is 0 Å². The lowest BCUT2D eigenvalue weighted by molar-refractivity contribution is 0.319. The third-order valence-corrected chi connectivity index (χ3v) is 2.31. The van der Waals surface area contributed by atoms with Crippen molar-refractivity contribution in [2.75, 3.05) is 14.1 Å². The number of likely N-dealkylation sites (N-methyl/N-ethyl adjacent to an activating group) is 2. The lowest BCUT2D eigenvalue weighted by atomic mass is 10.4. The van der Waals surface area contributed by atoms with Gasteiger partial charge in [-0.15, -0.1) is 0 Å². The van der Waals surface area contributed by atoms with Crippen LogP contribution in [0, 0.1) is 0 Å². The van der Waals surface area contributed by atoms with Gasteiger partial charge in [0, 0.05) is 26.5 Å².